The average Bonchev–Trinajstić information content (AvgIpc) is 2.07. The van der Waals surface area contributed by atoms with Crippen LogP contribution in [0, 0.1) is 12.7 Å². The van der Waals surface area contributed by atoms with E-state index >= 15 is 0 Å². The van der Waals surface area contributed by atoms with E-state index < -0.39 is 5.54 Å². The molecule has 0 aliphatic carbocycles. The van der Waals surface area contributed by atoms with Crippen molar-refractivity contribution < 1.29 is 9.13 Å². The van der Waals surface area contributed by atoms with Crippen LogP contribution in [0.15, 0.2) is 12.1 Å². The van der Waals surface area contributed by atoms with Crippen molar-refractivity contribution in [1.29, 1.82) is 0 Å². The minimum absolute atomic E-state index is 0.281. The third-order valence-electron chi connectivity index (χ3n) is 2.16. The molecule has 78 valence electrons. The van der Waals surface area contributed by atoms with Crippen LogP contribution in [-0.2, 0) is 5.54 Å². The van der Waals surface area contributed by atoms with Gasteiger partial charge in [-0.3, -0.25) is 0 Å². The third kappa shape index (κ3) is 1.87. The highest BCUT2D eigenvalue weighted by Gasteiger charge is 2.24. The lowest BCUT2D eigenvalue weighted by Gasteiger charge is -2.23. The number of hydrogen-bond acceptors (Lipinski definition) is 2. The molecule has 0 unspecified atom stereocenters. The number of rotatable bonds is 2. The van der Waals surface area contributed by atoms with Gasteiger partial charge in [0.25, 0.3) is 0 Å². The van der Waals surface area contributed by atoms with Gasteiger partial charge >= 0.3 is 0 Å². The van der Waals surface area contributed by atoms with Crippen LogP contribution in [0.5, 0.6) is 5.75 Å². The number of hydrogen-bond donors (Lipinski definition) is 1. The summed E-state index contributed by atoms with van der Waals surface area (Å²) in [5.41, 5.74) is 6.16. The molecule has 0 aliphatic heterocycles. The van der Waals surface area contributed by atoms with Crippen LogP contribution in [-0.4, -0.2) is 7.11 Å². The van der Waals surface area contributed by atoms with Gasteiger partial charge < -0.3 is 10.5 Å². The molecule has 0 saturated heterocycles. The molecule has 2 nitrogen and oxygen atoms in total. The smallest absolute Gasteiger partial charge is 0.134 e. The Kier molecular flexibility index (Phi) is 2.81. The molecule has 2 N–H and O–H groups in total. The maximum Gasteiger partial charge on any atom is 0.134 e. The van der Waals surface area contributed by atoms with Gasteiger partial charge in [0.1, 0.15) is 11.6 Å². The number of aryl methyl sites for hydroxylation is 1. The van der Waals surface area contributed by atoms with E-state index in [2.05, 4.69) is 0 Å². The summed E-state index contributed by atoms with van der Waals surface area (Å²) < 4.78 is 18.9. The molecule has 0 fully saturated rings. The fraction of sp³-hybridized carbons (Fsp3) is 0.455. The van der Waals surface area contributed by atoms with Crippen molar-refractivity contribution in [2.45, 2.75) is 26.3 Å². The van der Waals surface area contributed by atoms with E-state index in [0.717, 1.165) is 0 Å². The number of benzene rings is 1. The van der Waals surface area contributed by atoms with Crippen LogP contribution in [0.2, 0.25) is 0 Å². The molecule has 0 aliphatic rings. The van der Waals surface area contributed by atoms with Crippen LogP contribution in [0.4, 0.5) is 4.39 Å². The molecule has 0 spiro atoms. The molecule has 1 aromatic carbocycles. The van der Waals surface area contributed by atoms with Crippen molar-refractivity contribution in [3.63, 3.8) is 0 Å². The second kappa shape index (κ2) is 3.58. The van der Waals surface area contributed by atoms with E-state index in [0.29, 0.717) is 16.9 Å². The van der Waals surface area contributed by atoms with Gasteiger partial charge in [-0.1, -0.05) is 6.07 Å². The summed E-state index contributed by atoms with van der Waals surface area (Å²) in [5, 5.41) is 0. The number of halogens is 1. The lowest BCUT2D eigenvalue weighted by atomic mass is 9.92. The summed E-state index contributed by atoms with van der Waals surface area (Å²) in [4.78, 5) is 0. The van der Waals surface area contributed by atoms with E-state index in [9.17, 15) is 4.39 Å². The van der Waals surface area contributed by atoms with Crippen molar-refractivity contribution in [2.24, 2.45) is 5.73 Å². The Labute approximate surface area is 83.9 Å². The van der Waals surface area contributed by atoms with Crippen LogP contribution in [0.3, 0.4) is 0 Å². The molecular formula is C11H16FNO. The fourth-order valence-electron chi connectivity index (χ4n) is 1.43. The number of nitrogens with two attached hydrogens (primary N) is 1. The molecule has 0 bridgehead atoms. The predicted octanol–water partition coefficient (Wildman–Crippen LogP) is 2.34. The zero-order valence-electron chi connectivity index (χ0n) is 9.02. The SMILES string of the molecule is COc1ccc(C)c(F)c1C(C)(C)N. The van der Waals surface area contributed by atoms with Gasteiger partial charge in [0.05, 0.1) is 7.11 Å². The Bertz CT molecular complexity index is 342. The van der Waals surface area contributed by atoms with E-state index in [1.807, 2.05) is 0 Å². The van der Waals surface area contributed by atoms with Gasteiger partial charge in [0.15, 0.2) is 0 Å². The van der Waals surface area contributed by atoms with Crippen molar-refractivity contribution in [2.75, 3.05) is 7.11 Å². The molecule has 0 saturated carbocycles. The summed E-state index contributed by atoms with van der Waals surface area (Å²) in [6.45, 7) is 5.23. The first-order valence-corrected chi connectivity index (χ1v) is 4.50. The normalized spacial score (nSPS) is 11.6. The molecule has 1 rings (SSSR count). The first-order valence-electron chi connectivity index (χ1n) is 4.50. The van der Waals surface area contributed by atoms with Gasteiger partial charge in [-0.2, -0.15) is 0 Å². The monoisotopic (exact) mass is 197 g/mol. The first kappa shape index (κ1) is 11.0. The Morgan fingerprint density at radius 3 is 2.36 bits per heavy atom. The van der Waals surface area contributed by atoms with Crippen LogP contribution in [0.1, 0.15) is 25.0 Å². The van der Waals surface area contributed by atoms with Crippen molar-refractivity contribution in [3.05, 3.63) is 29.1 Å². The van der Waals surface area contributed by atoms with Gasteiger partial charge in [-0.05, 0) is 32.4 Å². The zero-order valence-corrected chi connectivity index (χ0v) is 9.02. The summed E-state index contributed by atoms with van der Waals surface area (Å²) in [5.74, 6) is 0.220. The van der Waals surface area contributed by atoms with Crippen molar-refractivity contribution in [3.8, 4) is 5.75 Å². The maximum atomic E-state index is 13.8. The lowest BCUT2D eigenvalue weighted by Crippen LogP contribution is -2.30. The van der Waals surface area contributed by atoms with E-state index in [-0.39, 0.29) is 5.82 Å². The Morgan fingerprint density at radius 2 is 1.93 bits per heavy atom. The largest absolute Gasteiger partial charge is 0.496 e. The third-order valence-corrected chi connectivity index (χ3v) is 2.16. The molecule has 0 aromatic heterocycles. The Hall–Kier alpha value is -1.09. The second-order valence-corrected chi connectivity index (χ2v) is 4.00. The zero-order chi connectivity index (χ0) is 10.9. The van der Waals surface area contributed by atoms with Crippen LogP contribution in [0.25, 0.3) is 0 Å². The molecule has 0 atom stereocenters. The van der Waals surface area contributed by atoms with Gasteiger partial charge in [-0.25, -0.2) is 4.39 Å². The fourth-order valence-corrected chi connectivity index (χ4v) is 1.43. The molecule has 14 heavy (non-hydrogen) atoms. The van der Waals surface area contributed by atoms with E-state index in [4.69, 9.17) is 10.5 Å². The first-order chi connectivity index (χ1) is 6.38. The quantitative estimate of drug-likeness (QED) is 0.789. The minimum Gasteiger partial charge on any atom is -0.496 e. The van der Waals surface area contributed by atoms with E-state index in [1.165, 1.54) is 7.11 Å². The van der Waals surface area contributed by atoms with E-state index in [1.54, 1.807) is 32.9 Å². The second-order valence-electron chi connectivity index (χ2n) is 4.00. The van der Waals surface area contributed by atoms with Gasteiger partial charge in [0, 0.05) is 11.1 Å². The molecule has 0 radical (unpaired) electrons. The molecule has 3 heteroatoms. The van der Waals surface area contributed by atoms with Crippen LogP contribution >= 0.6 is 0 Å². The van der Waals surface area contributed by atoms with Crippen molar-refractivity contribution >= 4 is 0 Å². The Morgan fingerprint density at radius 1 is 1.36 bits per heavy atom. The Balaban J connectivity index is 3.44. The summed E-state index contributed by atoms with van der Waals surface area (Å²) in [6, 6.07) is 3.42. The van der Waals surface area contributed by atoms with Crippen molar-refractivity contribution in [1.82, 2.24) is 0 Å². The lowest BCUT2D eigenvalue weighted by molar-refractivity contribution is 0.383. The average molecular weight is 197 g/mol. The summed E-state index contributed by atoms with van der Waals surface area (Å²) in [7, 11) is 1.51. The molecule has 1 aromatic rings. The predicted molar refractivity (Wildman–Crippen MR) is 54.9 cm³/mol. The minimum atomic E-state index is -0.735. The summed E-state index contributed by atoms with van der Waals surface area (Å²) in [6.07, 6.45) is 0. The molecular weight excluding hydrogens is 181 g/mol. The highest BCUT2D eigenvalue weighted by atomic mass is 19.1. The van der Waals surface area contributed by atoms with Gasteiger partial charge in [-0.15, -0.1) is 0 Å². The highest BCUT2D eigenvalue weighted by Crippen LogP contribution is 2.31. The maximum absolute atomic E-state index is 13.8. The summed E-state index contributed by atoms with van der Waals surface area (Å²) >= 11 is 0. The topological polar surface area (TPSA) is 35.2 Å². The highest BCUT2D eigenvalue weighted by molar-refractivity contribution is 5.42. The number of ether oxygens (including phenoxy) is 1. The standard InChI is InChI=1S/C11H16FNO/c1-7-5-6-8(14-4)9(10(7)12)11(2,3)13/h5-6H,13H2,1-4H3. The van der Waals surface area contributed by atoms with Gasteiger partial charge in [0.2, 0.25) is 0 Å². The molecule has 0 amide bonds. The number of methoxy groups -OCH3 is 1. The molecule has 0 heterocycles. The van der Waals surface area contributed by atoms with Crippen LogP contribution < -0.4 is 10.5 Å².